The van der Waals surface area contributed by atoms with Gasteiger partial charge in [0.2, 0.25) is 5.91 Å². The molecule has 0 aliphatic heterocycles. The number of aliphatic hydroxyl groups is 1. The second-order valence-corrected chi connectivity index (χ2v) is 4.04. The Morgan fingerprint density at radius 1 is 1.53 bits per heavy atom. The molecule has 1 rings (SSSR count). The van der Waals surface area contributed by atoms with Crippen molar-refractivity contribution in [3.63, 3.8) is 0 Å². The summed E-state index contributed by atoms with van der Waals surface area (Å²) in [6.07, 6.45) is 4.32. The van der Waals surface area contributed by atoms with Crippen molar-refractivity contribution in [1.82, 2.24) is 14.7 Å². The van der Waals surface area contributed by atoms with Crippen molar-refractivity contribution in [1.29, 1.82) is 0 Å². The third kappa shape index (κ3) is 4.86. The van der Waals surface area contributed by atoms with Crippen molar-refractivity contribution in [2.75, 3.05) is 25.9 Å². The van der Waals surface area contributed by atoms with E-state index in [0.29, 0.717) is 12.4 Å². The summed E-state index contributed by atoms with van der Waals surface area (Å²) in [5.41, 5.74) is 5.46. The zero-order valence-corrected chi connectivity index (χ0v) is 10.2. The van der Waals surface area contributed by atoms with E-state index in [0.717, 1.165) is 19.3 Å². The predicted octanol–water partition coefficient (Wildman–Crippen LogP) is 0.0863. The largest absolute Gasteiger partial charge is 0.396 e. The lowest BCUT2D eigenvalue weighted by Crippen LogP contribution is -2.31. The Morgan fingerprint density at radius 3 is 2.88 bits per heavy atom. The number of carbonyl (C=O) groups is 1. The number of anilines is 1. The van der Waals surface area contributed by atoms with E-state index in [1.807, 2.05) is 0 Å². The molecular formula is C11H20N4O2. The van der Waals surface area contributed by atoms with Gasteiger partial charge in [0.05, 0.1) is 0 Å². The van der Waals surface area contributed by atoms with Crippen molar-refractivity contribution in [2.24, 2.45) is 0 Å². The predicted molar refractivity (Wildman–Crippen MR) is 65.2 cm³/mol. The maximum absolute atomic E-state index is 11.8. The third-order valence-corrected chi connectivity index (χ3v) is 2.54. The molecule has 0 bridgehead atoms. The molecule has 6 heteroatoms. The number of aliphatic hydroxyl groups excluding tert-OH is 1. The number of hydrogen-bond acceptors (Lipinski definition) is 4. The molecule has 6 nitrogen and oxygen atoms in total. The van der Waals surface area contributed by atoms with E-state index < -0.39 is 0 Å². The van der Waals surface area contributed by atoms with Gasteiger partial charge in [0.25, 0.3) is 0 Å². The first kappa shape index (κ1) is 13.5. The van der Waals surface area contributed by atoms with Gasteiger partial charge >= 0.3 is 0 Å². The van der Waals surface area contributed by atoms with Crippen LogP contribution in [0.3, 0.4) is 0 Å². The summed E-state index contributed by atoms with van der Waals surface area (Å²) in [5, 5.41) is 12.6. The molecule has 0 atom stereocenters. The number of likely N-dealkylation sites (N-methyl/N-ethyl adjacent to an activating group) is 1. The first-order valence-electron chi connectivity index (χ1n) is 5.77. The highest BCUT2D eigenvalue weighted by molar-refractivity contribution is 5.75. The SMILES string of the molecule is CN(CCCCCO)C(=O)Cn1ccc(N)n1. The van der Waals surface area contributed by atoms with Crippen molar-refractivity contribution >= 4 is 11.7 Å². The number of rotatable bonds is 7. The Morgan fingerprint density at radius 2 is 2.29 bits per heavy atom. The van der Waals surface area contributed by atoms with Crippen LogP contribution in [0, 0.1) is 0 Å². The number of aromatic nitrogens is 2. The summed E-state index contributed by atoms with van der Waals surface area (Å²) >= 11 is 0. The van der Waals surface area contributed by atoms with E-state index in [9.17, 15) is 4.79 Å². The lowest BCUT2D eigenvalue weighted by molar-refractivity contribution is -0.130. The van der Waals surface area contributed by atoms with Gasteiger partial charge in [-0.25, -0.2) is 0 Å². The molecule has 0 aliphatic carbocycles. The fraction of sp³-hybridized carbons (Fsp3) is 0.636. The number of nitrogens with two attached hydrogens (primary N) is 1. The summed E-state index contributed by atoms with van der Waals surface area (Å²) in [6, 6.07) is 1.66. The van der Waals surface area contributed by atoms with Gasteiger partial charge in [-0.3, -0.25) is 9.48 Å². The number of unbranched alkanes of at least 4 members (excludes halogenated alkanes) is 2. The quantitative estimate of drug-likeness (QED) is 0.661. The number of carbonyl (C=O) groups excluding carboxylic acids is 1. The smallest absolute Gasteiger partial charge is 0.244 e. The Bertz CT molecular complexity index is 351. The highest BCUT2D eigenvalue weighted by atomic mass is 16.2. The normalized spacial score (nSPS) is 10.5. The minimum absolute atomic E-state index is 0.0112. The average Bonchev–Trinajstić information content (AvgIpc) is 2.70. The van der Waals surface area contributed by atoms with Crippen LogP contribution in [0.25, 0.3) is 0 Å². The van der Waals surface area contributed by atoms with E-state index in [1.165, 1.54) is 4.68 Å². The van der Waals surface area contributed by atoms with E-state index >= 15 is 0 Å². The molecule has 0 saturated heterocycles. The van der Waals surface area contributed by atoms with Crippen LogP contribution < -0.4 is 5.73 Å². The molecule has 0 aliphatic rings. The molecule has 1 heterocycles. The summed E-state index contributed by atoms with van der Waals surface area (Å²) in [7, 11) is 1.77. The topological polar surface area (TPSA) is 84.4 Å². The second kappa shape index (κ2) is 6.90. The summed E-state index contributed by atoms with van der Waals surface area (Å²) < 4.78 is 1.53. The summed E-state index contributed by atoms with van der Waals surface area (Å²) in [6.45, 7) is 1.13. The maximum atomic E-state index is 11.8. The van der Waals surface area contributed by atoms with Gasteiger partial charge in [-0.05, 0) is 25.3 Å². The Balaban J connectivity index is 2.27. The third-order valence-electron chi connectivity index (χ3n) is 2.54. The van der Waals surface area contributed by atoms with Crippen molar-refractivity contribution in [3.05, 3.63) is 12.3 Å². The molecule has 96 valence electrons. The van der Waals surface area contributed by atoms with E-state index in [2.05, 4.69) is 5.10 Å². The minimum atomic E-state index is 0.0112. The van der Waals surface area contributed by atoms with Crippen LogP contribution >= 0.6 is 0 Å². The standard InChI is InChI=1S/C11H20N4O2/c1-14(6-3-2-4-8-16)11(17)9-15-7-5-10(12)13-15/h5,7,16H,2-4,6,8-9H2,1H3,(H2,12,13). The minimum Gasteiger partial charge on any atom is -0.396 e. The Kier molecular flexibility index (Phi) is 5.48. The Labute approximate surface area is 101 Å². The van der Waals surface area contributed by atoms with Gasteiger partial charge in [-0.2, -0.15) is 5.10 Å². The summed E-state index contributed by atoms with van der Waals surface area (Å²) in [5.74, 6) is 0.431. The molecule has 1 aromatic heterocycles. The fourth-order valence-electron chi connectivity index (χ4n) is 1.49. The van der Waals surface area contributed by atoms with Gasteiger partial charge < -0.3 is 15.7 Å². The van der Waals surface area contributed by atoms with Gasteiger partial charge in [0, 0.05) is 26.4 Å². The van der Waals surface area contributed by atoms with Crippen LogP contribution in [0.2, 0.25) is 0 Å². The summed E-state index contributed by atoms with van der Waals surface area (Å²) in [4.78, 5) is 13.4. The number of amides is 1. The second-order valence-electron chi connectivity index (χ2n) is 4.04. The van der Waals surface area contributed by atoms with E-state index in [1.54, 1.807) is 24.2 Å². The van der Waals surface area contributed by atoms with Crippen LogP contribution in [0.4, 0.5) is 5.82 Å². The molecule has 1 amide bonds. The van der Waals surface area contributed by atoms with Crippen LogP contribution in [0.15, 0.2) is 12.3 Å². The molecule has 1 aromatic rings. The fourth-order valence-corrected chi connectivity index (χ4v) is 1.49. The zero-order valence-electron chi connectivity index (χ0n) is 10.2. The number of nitrogens with zero attached hydrogens (tertiary/aromatic N) is 3. The highest BCUT2D eigenvalue weighted by Gasteiger charge is 2.09. The molecule has 17 heavy (non-hydrogen) atoms. The van der Waals surface area contributed by atoms with E-state index in [-0.39, 0.29) is 19.1 Å². The molecule has 3 N–H and O–H groups in total. The zero-order chi connectivity index (χ0) is 12.7. The molecule has 0 spiro atoms. The first-order chi connectivity index (χ1) is 8.13. The van der Waals surface area contributed by atoms with Crippen LogP contribution in [-0.2, 0) is 11.3 Å². The van der Waals surface area contributed by atoms with Gasteiger partial charge in [-0.15, -0.1) is 0 Å². The lowest BCUT2D eigenvalue weighted by atomic mass is 10.2. The maximum Gasteiger partial charge on any atom is 0.244 e. The Hall–Kier alpha value is -1.56. The molecule has 0 aromatic carbocycles. The number of hydrogen-bond donors (Lipinski definition) is 2. The monoisotopic (exact) mass is 240 g/mol. The van der Waals surface area contributed by atoms with Crippen molar-refractivity contribution in [2.45, 2.75) is 25.8 Å². The average molecular weight is 240 g/mol. The molecule has 0 unspecified atom stereocenters. The van der Waals surface area contributed by atoms with Gasteiger partial charge in [0.15, 0.2) is 0 Å². The lowest BCUT2D eigenvalue weighted by Gasteiger charge is -2.16. The van der Waals surface area contributed by atoms with Crippen LogP contribution in [-0.4, -0.2) is 45.9 Å². The van der Waals surface area contributed by atoms with Gasteiger partial charge in [0.1, 0.15) is 12.4 Å². The van der Waals surface area contributed by atoms with Crippen molar-refractivity contribution < 1.29 is 9.90 Å². The molecule has 0 fully saturated rings. The first-order valence-corrected chi connectivity index (χ1v) is 5.77. The molecule has 0 saturated carbocycles. The van der Waals surface area contributed by atoms with Crippen molar-refractivity contribution in [3.8, 4) is 0 Å². The van der Waals surface area contributed by atoms with Gasteiger partial charge in [-0.1, -0.05) is 0 Å². The highest BCUT2D eigenvalue weighted by Crippen LogP contribution is 2.00. The van der Waals surface area contributed by atoms with E-state index in [4.69, 9.17) is 10.8 Å². The molecular weight excluding hydrogens is 220 g/mol. The van der Waals surface area contributed by atoms with Crippen LogP contribution in [0.5, 0.6) is 0 Å². The molecule has 0 radical (unpaired) electrons. The number of nitrogen functional groups attached to an aromatic ring is 1. The van der Waals surface area contributed by atoms with Crippen LogP contribution in [0.1, 0.15) is 19.3 Å².